The van der Waals surface area contributed by atoms with Crippen LogP contribution in [0.3, 0.4) is 0 Å². The molecule has 3 N–H and O–H groups in total. The van der Waals surface area contributed by atoms with Gasteiger partial charge in [-0.25, -0.2) is 0 Å². The number of para-hydroxylation sites is 1. The molecular weight excluding hydrogens is 376 g/mol. The second-order valence-electron chi connectivity index (χ2n) is 6.78. The van der Waals surface area contributed by atoms with Gasteiger partial charge in [0.25, 0.3) is 0 Å². The lowest BCUT2D eigenvalue weighted by atomic mass is 10.1. The lowest BCUT2D eigenvalue weighted by molar-refractivity contribution is 0.314. The molecule has 0 saturated heterocycles. The molecule has 0 fully saturated rings. The highest BCUT2D eigenvalue weighted by atomic mass is 32.2. The van der Waals surface area contributed by atoms with Crippen LogP contribution >= 0.6 is 11.8 Å². The van der Waals surface area contributed by atoms with Crippen LogP contribution in [0.1, 0.15) is 5.56 Å². The summed E-state index contributed by atoms with van der Waals surface area (Å²) in [6.07, 6.45) is 0. The van der Waals surface area contributed by atoms with E-state index >= 15 is 0 Å². The standard InChI is InChI=1S/C25H24N2OS/c26-23-10-4-6-12-25(23)29-24-11-5-3-9-21(24)18-27-15-16-28-22-14-13-19-7-1-2-8-20(19)17-22/h1-14,17,27H,15-16,18,26H2. The van der Waals surface area contributed by atoms with E-state index in [0.717, 1.165) is 29.4 Å². The number of nitrogens with one attached hydrogen (secondary N) is 1. The Labute approximate surface area is 175 Å². The average molecular weight is 401 g/mol. The highest BCUT2D eigenvalue weighted by Crippen LogP contribution is 2.33. The van der Waals surface area contributed by atoms with Gasteiger partial charge < -0.3 is 15.8 Å². The maximum Gasteiger partial charge on any atom is 0.120 e. The van der Waals surface area contributed by atoms with Crippen LogP contribution < -0.4 is 15.8 Å². The largest absolute Gasteiger partial charge is 0.492 e. The Morgan fingerprint density at radius 3 is 2.34 bits per heavy atom. The molecule has 0 aliphatic heterocycles. The molecule has 3 nitrogen and oxygen atoms in total. The first-order chi connectivity index (χ1) is 14.3. The third-order valence-corrected chi connectivity index (χ3v) is 5.91. The van der Waals surface area contributed by atoms with E-state index in [1.807, 2.05) is 30.3 Å². The smallest absolute Gasteiger partial charge is 0.120 e. The third kappa shape index (κ3) is 5.11. The second-order valence-corrected chi connectivity index (χ2v) is 7.87. The van der Waals surface area contributed by atoms with Crippen molar-refractivity contribution in [3.63, 3.8) is 0 Å². The topological polar surface area (TPSA) is 47.3 Å². The first kappa shape index (κ1) is 19.4. The number of hydrogen-bond acceptors (Lipinski definition) is 4. The molecule has 0 spiro atoms. The fraction of sp³-hybridized carbons (Fsp3) is 0.120. The van der Waals surface area contributed by atoms with Crippen molar-refractivity contribution in [1.82, 2.24) is 5.32 Å². The summed E-state index contributed by atoms with van der Waals surface area (Å²) in [7, 11) is 0. The van der Waals surface area contributed by atoms with Gasteiger partial charge >= 0.3 is 0 Å². The van der Waals surface area contributed by atoms with Crippen LogP contribution in [0.25, 0.3) is 10.8 Å². The van der Waals surface area contributed by atoms with Crippen LogP contribution in [-0.4, -0.2) is 13.2 Å². The molecule has 4 aromatic carbocycles. The molecule has 4 aromatic rings. The predicted octanol–water partition coefficient (Wildman–Crippen LogP) is 5.74. The number of fused-ring (bicyclic) bond motifs is 1. The fourth-order valence-electron chi connectivity index (χ4n) is 3.16. The van der Waals surface area contributed by atoms with Crippen molar-refractivity contribution in [2.24, 2.45) is 0 Å². The van der Waals surface area contributed by atoms with Gasteiger partial charge in [-0.05, 0) is 46.7 Å². The Balaban J connectivity index is 1.30. The van der Waals surface area contributed by atoms with E-state index < -0.39 is 0 Å². The normalized spacial score (nSPS) is 10.9. The van der Waals surface area contributed by atoms with E-state index in [1.165, 1.54) is 21.2 Å². The highest BCUT2D eigenvalue weighted by Gasteiger charge is 2.06. The molecule has 0 aromatic heterocycles. The van der Waals surface area contributed by atoms with Crippen LogP contribution in [0.2, 0.25) is 0 Å². The van der Waals surface area contributed by atoms with Crippen molar-refractivity contribution in [2.75, 3.05) is 18.9 Å². The van der Waals surface area contributed by atoms with E-state index in [-0.39, 0.29) is 0 Å². The molecule has 0 aliphatic carbocycles. The summed E-state index contributed by atoms with van der Waals surface area (Å²) < 4.78 is 5.91. The van der Waals surface area contributed by atoms with Crippen molar-refractivity contribution in [2.45, 2.75) is 16.3 Å². The van der Waals surface area contributed by atoms with Crippen molar-refractivity contribution < 1.29 is 4.74 Å². The van der Waals surface area contributed by atoms with Gasteiger partial charge in [0.15, 0.2) is 0 Å². The summed E-state index contributed by atoms with van der Waals surface area (Å²) in [5.41, 5.74) is 8.16. The Hall–Kier alpha value is -2.95. The summed E-state index contributed by atoms with van der Waals surface area (Å²) in [6, 6.07) is 30.9. The van der Waals surface area contributed by atoms with E-state index in [0.29, 0.717) is 6.61 Å². The molecule has 0 amide bonds. The zero-order valence-corrected chi connectivity index (χ0v) is 17.0. The minimum Gasteiger partial charge on any atom is -0.492 e. The van der Waals surface area contributed by atoms with E-state index in [1.54, 1.807) is 11.8 Å². The van der Waals surface area contributed by atoms with Gasteiger partial charge in [0.05, 0.1) is 0 Å². The highest BCUT2D eigenvalue weighted by molar-refractivity contribution is 7.99. The molecule has 0 aliphatic rings. The molecule has 0 saturated carbocycles. The molecule has 0 heterocycles. The number of ether oxygens (including phenoxy) is 1. The summed E-state index contributed by atoms with van der Waals surface area (Å²) in [4.78, 5) is 2.30. The van der Waals surface area contributed by atoms with Crippen molar-refractivity contribution >= 4 is 28.2 Å². The van der Waals surface area contributed by atoms with Crippen LogP contribution in [0.15, 0.2) is 101 Å². The van der Waals surface area contributed by atoms with E-state index in [2.05, 4.69) is 66.0 Å². The summed E-state index contributed by atoms with van der Waals surface area (Å²) in [5, 5.41) is 5.91. The van der Waals surface area contributed by atoms with Gasteiger partial charge in [0.1, 0.15) is 12.4 Å². The van der Waals surface area contributed by atoms with E-state index in [9.17, 15) is 0 Å². The number of anilines is 1. The fourth-order valence-corrected chi connectivity index (χ4v) is 4.15. The van der Waals surface area contributed by atoms with E-state index in [4.69, 9.17) is 10.5 Å². The van der Waals surface area contributed by atoms with Crippen molar-refractivity contribution in [3.8, 4) is 5.75 Å². The average Bonchev–Trinajstić information content (AvgIpc) is 2.76. The monoisotopic (exact) mass is 400 g/mol. The Morgan fingerprint density at radius 2 is 1.48 bits per heavy atom. The van der Waals surface area contributed by atoms with Crippen LogP contribution in [0.5, 0.6) is 5.75 Å². The molecular formula is C25H24N2OS. The Morgan fingerprint density at radius 1 is 0.759 bits per heavy atom. The second kappa shape index (κ2) is 9.50. The number of rotatable bonds is 8. The summed E-state index contributed by atoms with van der Waals surface area (Å²) in [5.74, 6) is 0.904. The van der Waals surface area contributed by atoms with Crippen LogP contribution in [-0.2, 0) is 6.54 Å². The SMILES string of the molecule is Nc1ccccc1Sc1ccccc1CNCCOc1ccc2ccccc2c1. The molecule has 4 heteroatoms. The summed E-state index contributed by atoms with van der Waals surface area (Å²) in [6.45, 7) is 2.19. The van der Waals surface area contributed by atoms with Crippen molar-refractivity contribution in [1.29, 1.82) is 0 Å². The van der Waals surface area contributed by atoms with Gasteiger partial charge in [0.2, 0.25) is 0 Å². The Kier molecular flexibility index (Phi) is 6.35. The van der Waals surface area contributed by atoms with Crippen molar-refractivity contribution in [3.05, 3.63) is 96.6 Å². The zero-order chi connectivity index (χ0) is 19.9. The maximum absolute atomic E-state index is 6.10. The minimum absolute atomic E-state index is 0.624. The lowest BCUT2D eigenvalue weighted by Crippen LogP contribution is -2.20. The number of hydrogen-bond donors (Lipinski definition) is 2. The van der Waals surface area contributed by atoms with Gasteiger partial charge in [-0.15, -0.1) is 0 Å². The minimum atomic E-state index is 0.624. The lowest BCUT2D eigenvalue weighted by Gasteiger charge is -2.12. The van der Waals surface area contributed by atoms with Gasteiger partial charge in [-0.1, -0.05) is 72.4 Å². The zero-order valence-electron chi connectivity index (χ0n) is 16.2. The molecule has 0 atom stereocenters. The third-order valence-electron chi connectivity index (χ3n) is 4.70. The molecule has 0 bridgehead atoms. The van der Waals surface area contributed by atoms with Gasteiger partial charge in [-0.3, -0.25) is 0 Å². The first-order valence-electron chi connectivity index (χ1n) is 9.72. The molecule has 4 rings (SSSR count). The number of nitrogens with two attached hydrogens (primary N) is 1. The molecule has 29 heavy (non-hydrogen) atoms. The quantitative estimate of drug-likeness (QED) is 0.292. The Bertz CT molecular complexity index is 1100. The molecule has 0 radical (unpaired) electrons. The first-order valence-corrected chi connectivity index (χ1v) is 10.5. The van der Waals surface area contributed by atoms with Crippen LogP contribution in [0.4, 0.5) is 5.69 Å². The number of nitrogen functional groups attached to an aromatic ring is 1. The van der Waals surface area contributed by atoms with Gasteiger partial charge in [0, 0.05) is 28.6 Å². The number of benzene rings is 4. The van der Waals surface area contributed by atoms with Gasteiger partial charge in [-0.2, -0.15) is 0 Å². The maximum atomic E-state index is 6.10. The molecule has 146 valence electrons. The summed E-state index contributed by atoms with van der Waals surface area (Å²) >= 11 is 1.71. The van der Waals surface area contributed by atoms with Crippen LogP contribution in [0, 0.1) is 0 Å². The predicted molar refractivity (Wildman–Crippen MR) is 123 cm³/mol. The molecule has 0 unspecified atom stereocenters.